The van der Waals surface area contributed by atoms with Crippen LogP contribution in [0, 0.1) is 0 Å². The molecule has 2 heteroatoms. The van der Waals surface area contributed by atoms with Gasteiger partial charge in [-0.15, -0.1) is 0 Å². The van der Waals surface area contributed by atoms with Crippen LogP contribution in [0.3, 0.4) is 0 Å². The lowest BCUT2D eigenvalue weighted by atomic mass is 10.2. The van der Waals surface area contributed by atoms with Gasteiger partial charge < -0.3 is 9.88 Å². The second kappa shape index (κ2) is 5.19. The van der Waals surface area contributed by atoms with Gasteiger partial charge in [0, 0.05) is 30.2 Å². The maximum Gasteiger partial charge on any atom is 0.0486 e. The summed E-state index contributed by atoms with van der Waals surface area (Å²) in [4.78, 5) is 0. The lowest BCUT2D eigenvalue weighted by molar-refractivity contribution is 0.723. The number of aromatic nitrogens is 1. The van der Waals surface area contributed by atoms with Crippen LogP contribution in [0.2, 0.25) is 0 Å². The number of fused-ring (bicyclic) bond motifs is 1. The molecule has 2 aromatic rings. The molecule has 2 nitrogen and oxygen atoms in total. The predicted molar refractivity (Wildman–Crippen MR) is 74.1 cm³/mol. The van der Waals surface area contributed by atoms with Gasteiger partial charge in [-0.25, -0.2) is 0 Å². The van der Waals surface area contributed by atoms with Crippen molar-refractivity contribution in [1.29, 1.82) is 0 Å². The summed E-state index contributed by atoms with van der Waals surface area (Å²) < 4.78 is 2.28. The zero-order valence-corrected chi connectivity index (χ0v) is 10.7. The molecule has 0 saturated carbocycles. The van der Waals surface area contributed by atoms with Crippen molar-refractivity contribution in [3.8, 4) is 0 Å². The minimum Gasteiger partial charge on any atom is -0.343 e. The van der Waals surface area contributed by atoms with E-state index in [1.165, 1.54) is 22.0 Å². The lowest BCUT2D eigenvalue weighted by Gasteiger charge is -2.03. The topological polar surface area (TPSA) is 17.0 Å². The highest BCUT2D eigenvalue weighted by molar-refractivity contribution is 5.84. The third kappa shape index (κ3) is 2.59. The molecule has 90 valence electrons. The number of nitrogens with one attached hydrogen (secondary N) is 1. The Balaban J connectivity index is 2.42. The molecule has 1 aromatic carbocycles. The third-order valence-electron chi connectivity index (χ3n) is 2.88. The van der Waals surface area contributed by atoms with Gasteiger partial charge in [0.2, 0.25) is 0 Å². The Labute approximate surface area is 103 Å². The number of nitrogens with zero attached hydrogens (tertiary/aromatic N) is 1. The monoisotopic (exact) mass is 228 g/mol. The number of rotatable bonds is 5. The minimum atomic E-state index is 0.895. The van der Waals surface area contributed by atoms with Crippen LogP contribution >= 0.6 is 0 Å². The number of allylic oxidation sites excluding steroid dienone is 1. The van der Waals surface area contributed by atoms with Crippen molar-refractivity contribution in [3.05, 3.63) is 48.2 Å². The summed E-state index contributed by atoms with van der Waals surface area (Å²) in [6.45, 7) is 11.0. The van der Waals surface area contributed by atoms with Crippen molar-refractivity contribution in [1.82, 2.24) is 9.88 Å². The molecule has 0 spiro atoms. The zero-order valence-electron chi connectivity index (χ0n) is 10.7. The zero-order chi connectivity index (χ0) is 12.3. The van der Waals surface area contributed by atoms with Gasteiger partial charge in [0.15, 0.2) is 0 Å². The van der Waals surface area contributed by atoms with Crippen LogP contribution in [0.15, 0.2) is 42.6 Å². The summed E-state index contributed by atoms with van der Waals surface area (Å²) in [7, 11) is 0. The SMILES string of the molecule is C=C(C)Cn1cc(CNCC)c2ccccc21. The van der Waals surface area contributed by atoms with Crippen LogP contribution < -0.4 is 5.32 Å². The van der Waals surface area contributed by atoms with Gasteiger partial charge in [-0.2, -0.15) is 0 Å². The van der Waals surface area contributed by atoms with Crippen molar-refractivity contribution in [2.75, 3.05) is 6.54 Å². The van der Waals surface area contributed by atoms with E-state index in [9.17, 15) is 0 Å². The van der Waals surface area contributed by atoms with Crippen LogP contribution in [0.1, 0.15) is 19.4 Å². The minimum absolute atomic E-state index is 0.895. The van der Waals surface area contributed by atoms with Gasteiger partial charge in [-0.05, 0) is 25.1 Å². The third-order valence-corrected chi connectivity index (χ3v) is 2.88. The van der Waals surface area contributed by atoms with E-state index in [4.69, 9.17) is 0 Å². The van der Waals surface area contributed by atoms with Crippen LogP contribution in [-0.2, 0) is 13.1 Å². The molecule has 2 rings (SSSR count). The fraction of sp³-hybridized carbons (Fsp3) is 0.333. The highest BCUT2D eigenvalue weighted by Crippen LogP contribution is 2.21. The van der Waals surface area contributed by atoms with E-state index in [-0.39, 0.29) is 0 Å². The molecule has 0 aliphatic heterocycles. The summed E-state index contributed by atoms with van der Waals surface area (Å²) in [5.74, 6) is 0. The van der Waals surface area contributed by atoms with Gasteiger partial charge in [0.25, 0.3) is 0 Å². The number of hydrogen-bond acceptors (Lipinski definition) is 1. The van der Waals surface area contributed by atoms with Crippen molar-refractivity contribution in [2.24, 2.45) is 0 Å². The van der Waals surface area contributed by atoms with E-state index in [1.54, 1.807) is 0 Å². The Kier molecular flexibility index (Phi) is 3.64. The molecule has 0 atom stereocenters. The summed E-state index contributed by atoms with van der Waals surface area (Å²) in [6.07, 6.45) is 2.24. The van der Waals surface area contributed by atoms with E-state index in [1.807, 2.05) is 0 Å². The first kappa shape index (κ1) is 11.9. The van der Waals surface area contributed by atoms with E-state index < -0.39 is 0 Å². The van der Waals surface area contributed by atoms with Gasteiger partial charge in [-0.1, -0.05) is 37.3 Å². The molecule has 1 N–H and O–H groups in total. The maximum absolute atomic E-state index is 3.99. The summed E-state index contributed by atoms with van der Waals surface area (Å²) in [5.41, 5.74) is 3.84. The van der Waals surface area contributed by atoms with Crippen molar-refractivity contribution in [2.45, 2.75) is 26.9 Å². The van der Waals surface area contributed by atoms with Crippen LogP contribution in [0.25, 0.3) is 10.9 Å². The molecule has 0 saturated heterocycles. The first-order chi connectivity index (χ1) is 8.22. The Hall–Kier alpha value is -1.54. The number of para-hydroxylation sites is 1. The average Bonchev–Trinajstić information content (AvgIpc) is 2.65. The molecule has 1 heterocycles. The Morgan fingerprint density at radius 2 is 2.12 bits per heavy atom. The van der Waals surface area contributed by atoms with Crippen LogP contribution in [-0.4, -0.2) is 11.1 Å². The first-order valence-corrected chi connectivity index (χ1v) is 6.14. The predicted octanol–water partition coefficient (Wildman–Crippen LogP) is 3.33. The summed E-state index contributed by atoms with van der Waals surface area (Å²) in [6, 6.07) is 8.56. The van der Waals surface area contributed by atoms with Crippen LogP contribution in [0.5, 0.6) is 0 Å². The van der Waals surface area contributed by atoms with Gasteiger partial charge in [0.05, 0.1) is 0 Å². The van der Waals surface area contributed by atoms with Gasteiger partial charge >= 0.3 is 0 Å². The Morgan fingerprint density at radius 1 is 1.35 bits per heavy atom. The van der Waals surface area contributed by atoms with Crippen molar-refractivity contribution in [3.63, 3.8) is 0 Å². The second-order valence-electron chi connectivity index (χ2n) is 4.54. The standard InChI is InChI=1S/C15H20N2/c1-4-16-9-13-11-17(10-12(2)3)15-8-6-5-7-14(13)15/h5-8,11,16H,2,4,9-10H2,1,3H3. The largest absolute Gasteiger partial charge is 0.343 e. The molecular weight excluding hydrogens is 208 g/mol. The molecule has 0 fully saturated rings. The Bertz CT molecular complexity index is 523. The maximum atomic E-state index is 3.99. The number of hydrogen-bond donors (Lipinski definition) is 1. The first-order valence-electron chi connectivity index (χ1n) is 6.14. The van der Waals surface area contributed by atoms with Crippen molar-refractivity contribution >= 4 is 10.9 Å². The molecule has 17 heavy (non-hydrogen) atoms. The van der Waals surface area contributed by atoms with Crippen molar-refractivity contribution < 1.29 is 0 Å². The van der Waals surface area contributed by atoms with E-state index >= 15 is 0 Å². The van der Waals surface area contributed by atoms with Crippen LogP contribution in [0.4, 0.5) is 0 Å². The molecule has 0 amide bonds. The molecule has 1 aromatic heterocycles. The quantitative estimate of drug-likeness (QED) is 0.777. The molecule has 0 aliphatic carbocycles. The number of benzene rings is 1. The summed E-state index contributed by atoms with van der Waals surface area (Å²) in [5, 5.41) is 4.73. The highest BCUT2D eigenvalue weighted by Gasteiger charge is 2.07. The normalized spacial score (nSPS) is 10.9. The Morgan fingerprint density at radius 3 is 2.82 bits per heavy atom. The molecule has 0 unspecified atom stereocenters. The van der Waals surface area contributed by atoms with E-state index in [0.29, 0.717) is 0 Å². The highest BCUT2D eigenvalue weighted by atomic mass is 15.0. The molecule has 0 aliphatic rings. The fourth-order valence-electron chi connectivity index (χ4n) is 2.14. The summed E-state index contributed by atoms with van der Waals surface area (Å²) >= 11 is 0. The van der Waals surface area contributed by atoms with E-state index in [2.05, 4.69) is 60.8 Å². The molecule has 0 bridgehead atoms. The fourth-order valence-corrected chi connectivity index (χ4v) is 2.14. The van der Waals surface area contributed by atoms with Gasteiger partial charge in [-0.3, -0.25) is 0 Å². The molecule has 0 radical (unpaired) electrons. The van der Waals surface area contributed by atoms with Gasteiger partial charge in [0.1, 0.15) is 0 Å². The average molecular weight is 228 g/mol. The molecular formula is C15H20N2. The second-order valence-corrected chi connectivity index (χ2v) is 4.54. The van der Waals surface area contributed by atoms with E-state index in [0.717, 1.165) is 19.6 Å². The smallest absolute Gasteiger partial charge is 0.0486 e. The lowest BCUT2D eigenvalue weighted by Crippen LogP contribution is -2.11.